The molecule has 16 heavy (non-hydrogen) atoms. The van der Waals surface area contributed by atoms with E-state index in [0.717, 1.165) is 0 Å². The smallest absolute Gasteiger partial charge is 0.234 e. The van der Waals surface area contributed by atoms with Crippen molar-refractivity contribution >= 4 is 5.91 Å². The summed E-state index contributed by atoms with van der Waals surface area (Å²) in [6.45, 7) is 1.01. The topological polar surface area (TPSA) is 41.1 Å². The molecule has 3 heteroatoms. The Morgan fingerprint density at radius 2 is 2.12 bits per heavy atom. The van der Waals surface area contributed by atoms with Crippen LogP contribution in [0.1, 0.15) is 23.1 Å². The Kier molecular flexibility index (Phi) is 3.57. The summed E-state index contributed by atoms with van der Waals surface area (Å²) < 4.78 is 0. The maximum atomic E-state index is 11.3. The van der Waals surface area contributed by atoms with Crippen molar-refractivity contribution in [2.75, 3.05) is 13.6 Å². The lowest BCUT2D eigenvalue weighted by atomic mass is 10.1. The molecule has 0 aliphatic heterocycles. The molecule has 1 aromatic rings. The summed E-state index contributed by atoms with van der Waals surface area (Å²) >= 11 is 0. The highest BCUT2D eigenvalue weighted by Gasteiger charge is 2.10. The number of carbonyl (C=O) groups is 1. The fourth-order valence-corrected chi connectivity index (χ4v) is 2.16. The molecule has 0 saturated heterocycles. The molecular formula is C13H18N2O. The van der Waals surface area contributed by atoms with Crippen molar-refractivity contribution in [3.8, 4) is 0 Å². The van der Waals surface area contributed by atoms with E-state index in [4.69, 9.17) is 0 Å². The third-order valence-electron chi connectivity index (χ3n) is 2.99. The zero-order valence-electron chi connectivity index (χ0n) is 9.68. The Balaban J connectivity index is 1.93. The highest BCUT2D eigenvalue weighted by molar-refractivity contribution is 5.77. The number of rotatable bonds is 4. The van der Waals surface area contributed by atoms with Gasteiger partial charge in [-0.3, -0.25) is 4.79 Å². The van der Waals surface area contributed by atoms with Crippen molar-refractivity contribution in [3.05, 3.63) is 34.9 Å². The van der Waals surface area contributed by atoms with Gasteiger partial charge in [0.05, 0.1) is 6.54 Å². The van der Waals surface area contributed by atoms with Gasteiger partial charge in [0.25, 0.3) is 0 Å². The Morgan fingerprint density at radius 3 is 2.94 bits per heavy atom. The van der Waals surface area contributed by atoms with Gasteiger partial charge >= 0.3 is 0 Å². The molecule has 2 rings (SSSR count). The minimum Gasteiger partial charge on any atom is -0.351 e. The molecule has 0 bridgehead atoms. The van der Waals surface area contributed by atoms with Gasteiger partial charge in [-0.25, -0.2) is 0 Å². The van der Waals surface area contributed by atoms with Crippen LogP contribution in [0.3, 0.4) is 0 Å². The summed E-state index contributed by atoms with van der Waals surface area (Å²) in [7, 11) is 1.77. The summed E-state index contributed by atoms with van der Waals surface area (Å²) in [4.78, 5) is 11.3. The van der Waals surface area contributed by atoms with E-state index in [1.165, 1.54) is 36.0 Å². The average Bonchev–Trinajstić information content (AvgIpc) is 2.74. The van der Waals surface area contributed by atoms with Gasteiger partial charge in [-0.05, 0) is 43.0 Å². The third kappa shape index (κ3) is 2.61. The van der Waals surface area contributed by atoms with Crippen LogP contribution in [0.15, 0.2) is 18.2 Å². The SMILES string of the molecule is CNCC(=O)NCc1ccc2c(c1)CCC2. The Hall–Kier alpha value is -1.35. The minimum atomic E-state index is 0.0444. The lowest BCUT2D eigenvalue weighted by molar-refractivity contribution is -0.120. The third-order valence-corrected chi connectivity index (χ3v) is 2.99. The van der Waals surface area contributed by atoms with E-state index < -0.39 is 0 Å². The monoisotopic (exact) mass is 218 g/mol. The predicted molar refractivity (Wildman–Crippen MR) is 64.2 cm³/mol. The number of hydrogen-bond donors (Lipinski definition) is 2. The molecule has 0 atom stereocenters. The first-order chi connectivity index (χ1) is 7.79. The zero-order valence-corrected chi connectivity index (χ0v) is 9.68. The normalized spacial score (nSPS) is 13.6. The average molecular weight is 218 g/mol. The molecule has 3 nitrogen and oxygen atoms in total. The quantitative estimate of drug-likeness (QED) is 0.792. The zero-order chi connectivity index (χ0) is 11.4. The molecule has 0 saturated carbocycles. The fourth-order valence-electron chi connectivity index (χ4n) is 2.16. The molecule has 0 radical (unpaired) electrons. The molecule has 0 aromatic heterocycles. The van der Waals surface area contributed by atoms with Gasteiger partial charge < -0.3 is 10.6 Å². The Bertz CT molecular complexity index is 388. The van der Waals surface area contributed by atoms with Gasteiger partial charge in [0, 0.05) is 6.54 Å². The maximum absolute atomic E-state index is 11.3. The standard InChI is InChI=1S/C13H18N2O/c1-14-9-13(16)15-8-10-5-6-11-3-2-4-12(11)7-10/h5-7,14H,2-4,8-9H2,1H3,(H,15,16). The van der Waals surface area contributed by atoms with Gasteiger partial charge in [0.1, 0.15) is 0 Å². The molecule has 1 aliphatic carbocycles. The Labute approximate surface area is 96.2 Å². The number of fused-ring (bicyclic) bond motifs is 1. The van der Waals surface area contributed by atoms with Crippen molar-refractivity contribution in [2.45, 2.75) is 25.8 Å². The molecule has 1 amide bonds. The van der Waals surface area contributed by atoms with E-state index in [0.29, 0.717) is 13.1 Å². The van der Waals surface area contributed by atoms with Crippen molar-refractivity contribution in [2.24, 2.45) is 0 Å². The number of amides is 1. The molecule has 0 fully saturated rings. The van der Waals surface area contributed by atoms with Crippen LogP contribution in [0.25, 0.3) is 0 Å². The van der Waals surface area contributed by atoms with Crippen LogP contribution < -0.4 is 10.6 Å². The number of likely N-dealkylation sites (N-methyl/N-ethyl adjacent to an activating group) is 1. The molecule has 2 N–H and O–H groups in total. The van der Waals surface area contributed by atoms with E-state index in [9.17, 15) is 4.79 Å². The maximum Gasteiger partial charge on any atom is 0.234 e. The fraction of sp³-hybridized carbons (Fsp3) is 0.462. The second kappa shape index (κ2) is 5.12. The Morgan fingerprint density at radius 1 is 1.31 bits per heavy atom. The van der Waals surface area contributed by atoms with Crippen LogP contribution in [0.5, 0.6) is 0 Å². The number of benzene rings is 1. The highest BCUT2D eigenvalue weighted by atomic mass is 16.1. The lowest BCUT2D eigenvalue weighted by Crippen LogP contribution is -2.31. The number of nitrogens with one attached hydrogen (secondary N) is 2. The van der Waals surface area contributed by atoms with Gasteiger partial charge in [-0.1, -0.05) is 18.2 Å². The molecule has 0 heterocycles. The van der Waals surface area contributed by atoms with Crippen molar-refractivity contribution in [3.63, 3.8) is 0 Å². The van der Waals surface area contributed by atoms with Gasteiger partial charge in [-0.15, -0.1) is 0 Å². The summed E-state index contributed by atoms with van der Waals surface area (Å²) in [5.41, 5.74) is 4.13. The predicted octanol–water partition coefficient (Wildman–Crippen LogP) is 1.01. The lowest BCUT2D eigenvalue weighted by Gasteiger charge is -2.07. The first kappa shape index (κ1) is 11.1. The number of carbonyl (C=O) groups excluding carboxylic acids is 1. The molecule has 1 aromatic carbocycles. The second-order valence-electron chi connectivity index (χ2n) is 4.26. The molecule has 1 aliphatic rings. The first-order valence-corrected chi connectivity index (χ1v) is 5.81. The van der Waals surface area contributed by atoms with E-state index in [1.807, 2.05) is 0 Å². The molecule has 0 unspecified atom stereocenters. The summed E-state index contributed by atoms with van der Waals surface area (Å²) in [6, 6.07) is 6.54. The summed E-state index contributed by atoms with van der Waals surface area (Å²) in [5, 5.41) is 5.72. The number of hydrogen-bond acceptors (Lipinski definition) is 2. The van der Waals surface area contributed by atoms with E-state index in [-0.39, 0.29) is 5.91 Å². The summed E-state index contributed by atoms with van der Waals surface area (Å²) in [5.74, 6) is 0.0444. The second-order valence-corrected chi connectivity index (χ2v) is 4.26. The van der Waals surface area contributed by atoms with Crippen LogP contribution in [0.4, 0.5) is 0 Å². The van der Waals surface area contributed by atoms with Crippen LogP contribution in [-0.2, 0) is 24.2 Å². The highest BCUT2D eigenvalue weighted by Crippen LogP contribution is 2.22. The molecule has 0 spiro atoms. The molecular weight excluding hydrogens is 200 g/mol. The van der Waals surface area contributed by atoms with Gasteiger partial charge in [-0.2, -0.15) is 0 Å². The van der Waals surface area contributed by atoms with E-state index >= 15 is 0 Å². The summed E-state index contributed by atoms with van der Waals surface area (Å²) in [6.07, 6.45) is 3.67. The van der Waals surface area contributed by atoms with E-state index in [1.54, 1.807) is 7.05 Å². The van der Waals surface area contributed by atoms with Crippen LogP contribution >= 0.6 is 0 Å². The molecule has 86 valence electrons. The van der Waals surface area contributed by atoms with E-state index in [2.05, 4.69) is 28.8 Å². The van der Waals surface area contributed by atoms with Crippen molar-refractivity contribution in [1.82, 2.24) is 10.6 Å². The van der Waals surface area contributed by atoms with Crippen LogP contribution in [0, 0.1) is 0 Å². The van der Waals surface area contributed by atoms with Crippen molar-refractivity contribution in [1.29, 1.82) is 0 Å². The van der Waals surface area contributed by atoms with Gasteiger partial charge in [0.2, 0.25) is 5.91 Å². The van der Waals surface area contributed by atoms with Crippen molar-refractivity contribution < 1.29 is 4.79 Å². The van der Waals surface area contributed by atoms with Crippen LogP contribution in [-0.4, -0.2) is 19.5 Å². The number of aryl methyl sites for hydroxylation is 2. The van der Waals surface area contributed by atoms with Gasteiger partial charge in [0.15, 0.2) is 0 Å². The first-order valence-electron chi connectivity index (χ1n) is 5.81. The van der Waals surface area contributed by atoms with Crippen LogP contribution in [0.2, 0.25) is 0 Å². The minimum absolute atomic E-state index is 0.0444. The largest absolute Gasteiger partial charge is 0.351 e.